The summed E-state index contributed by atoms with van der Waals surface area (Å²) in [6.07, 6.45) is 15.0. The van der Waals surface area contributed by atoms with E-state index in [9.17, 15) is 19.5 Å². The fourth-order valence-corrected chi connectivity index (χ4v) is 9.69. The largest absolute Gasteiger partial charge is 0.508 e. The summed E-state index contributed by atoms with van der Waals surface area (Å²) in [5.41, 5.74) is 7.69. The number of phenolic OH excluding ortho intramolecular Hbond substituents is 1. The van der Waals surface area contributed by atoms with E-state index in [1.54, 1.807) is 12.1 Å². The second kappa shape index (κ2) is 31.4. The lowest BCUT2D eigenvalue weighted by Gasteiger charge is -2.26. The number of hydrogen-bond acceptors (Lipinski definition) is 8. The first kappa shape index (κ1) is 55.3. The number of carbonyl (C=O) groups excluding carboxylic acids is 3. The minimum atomic E-state index is -0.0177. The van der Waals surface area contributed by atoms with Crippen molar-refractivity contribution in [1.29, 1.82) is 0 Å². The summed E-state index contributed by atoms with van der Waals surface area (Å²) in [6.45, 7) is 19.0. The fourth-order valence-electron chi connectivity index (χ4n) is 9.69. The molecule has 0 radical (unpaired) electrons. The molecular weight excluding hydrogens is 895 g/mol. The van der Waals surface area contributed by atoms with E-state index < -0.39 is 0 Å². The summed E-state index contributed by atoms with van der Waals surface area (Å²) in [4.78, 5) is 46.4. The summed E-state index contributed by atoms with van der Waals surface area (Å²) >= 11 is 0. The molecule has 3 fully saturated rings. The molecule has 3 aliphatic rings. The first-order valence-electron chi connectivity index (χ1n) is 27.2. The van der Waals surface area contributed by atoms with Gasteiger partial charge in [0.2, 0.25) is 0 Å². The molecule has 3 amide bonds. The molecule has 8 rings (SSSR count). The van der Waals surface area contributed by atoms with Gasteiger partial charge in [-0.15, -0.1) is 0 Å². The number of hydrogen-bond donors (Lipinski definition) is 4. The van der Waals surface area contributed by atoms with Crippen LogP contribution >= 0.6 is 0 Å². The Morgan fingerprint density at radius 3 is 1.06 bits per heavy atom. The average molecular weight is 978 g/mol. The standard InChI is InChI=1S/C21H26N2O2.C21H26N2O.C19H31N3O/c24-20-11-9-18(10-12-20)17-5-7-19(8-6-17)21(25)22-13-4-16-23-14-2-1-3-15-23;24-21(22-14-7-17-23-15-5-2-6-16-23)20-12-10-19(11-13-20)18-8-3-1-4-9-18;1-3-22(4-2)18-11-9-17(10-12-18)19(23)20-13-8-16-21-14-6-5-7-15-21/h5-12,24H,1-4,13-16H2,(H,22,25);1,3-4,8-13H,2,5-7,14-17H2,(H,22,24);9-12H,3-8,13-16H2,1-2H3,(H,20,23). The van der Waals surface area contributed by atoms with Crippen LogP contribution in [-0.4, -0.2) is 129 Å². The predicted molar refractivity (Wildman–Crippen MR) is 297 cm³/mol. The minimum absolute atomic E-state index is 0.0177. The molecule has 3 saturated heterocycles. The van der Waals surface area contributed by atoms with Crippen molar-refractivity contribution in [3.63, 3.8) is 0 Å². The van der Waals surface area contributed by atoms with Crippen LogP contribution in [0, 0.1) is 0 Å². The number of amides is 3. The fraction of sp³-hybridized carbons (Fsp3) is 0.459. The normalized spacial score (nSPS) is 15.2. The second-order valence-corrected chi connectivity index (χ2v) is 19.3. The molecule has 11 heteroatoms. The second-order valence-electron chi connectivity index (χ2n) is 19.3. The monoisotopic (exact) mass is 978 g/mol. The average Bonchev–Trinajstić information content (AvgIpc) is 3.44. The van der Waals surface area contributed by atoms with Crippen LogP contribution in [0.5, 0.6) is 5.75 Å². The van der Waals surface area contributed by atoms with E-state index >= 15 is 0 Å². The Morgan fingerprint density at radius 2 is 0.722 bits per heavy atom. The maximum atomic E-state index is 12.2. The van der Waals surface area contributed by atoms with Crippen molar-refractivity contribution in [2.24, 2.45) is 0 Å². The molecular formula is C61H83N7O4. The smallest absolute Gasteiger partial charge is 0.251 e. The SMILES string of the molecule is CCN(CC)c1ccc(C(=O)NCCCN2CCCCC2)cc1.O=C(NCCCN1CCCCC1)c1ccc(-c2ccc(O)cc2)cc1.O=C(NCCCN1CCCCC1)c1ccc(-c2ccccc2)cc1. The van der Waals surface area contributed by atoms with Crippen LogP contribution in [0.25, 0.3) is 22.3 Å². The number of phenols is 1. The van der Waals surface area contributed by atoms with Gasteiger partial charge in [-0.25, -0.2) is 0 Å². The topological polar surface area (TPSA) is 120 Å². The van der Waals surface area contributed by atoms with Gasteiger partial charge in [-0.1, -0.05) is 86.0 Å². The van der Waals surface area contributed by atoms with Crippen LogP contribution in [-0.2, 0) is 0 Å². The van der Waals surface area contributed by atoms with Crippen molar-refractivity contribution in [2.75, 3.05) is 96.5 Å². The quantitative estimate of drug-likeness (QED) is 0.0569. The number of rotatable bonds is 20. The lowest BCUT2D eigenvalue weighted by Crippen LogP contribution is -2.33. The molecule has 72 heavy (non-hydrogen) atoms. The summed E-state index contributed by atoms with van der Waals surface area (Å²) in [5, 5.41) is 18.4. The Bertz CT molecular complexity index is 2290. The van der Waals surface area contributed by atoms with Crippen LogP contribution < -0.4 is 20.9 Å². The number of benzene rings is 5. The van der Waals surface area contributed by atoms with Gasteiger partial charge in [0.25, 0.3) is 17.7 Å². The van der Waals surface area contributed by atoms with Crippen molar-refractivity contribution in [2.45, 2.75) is 90.9 Å². The molecule has 3 heterocycles. The van der Waals surface area contributed by atoms with Crippen molar-refractivity contribution in [1.82, 2.24) is 30.7 Å². The number of nitrogens with zero attached hydrogens (tertiary/aromatic N) is 4. The molecule has 4 N–H and O–H groups in total. The number of likely N-dealkylation sites (tertiary alicyclic amines) is 3. The first-order chi connectivity index (χ1) is 35.3. The van der Waals surface area contributed by atoms with Gasteiger partial charge in [0.1, 0.15) is 5.75 Å². The summed E-state index contributed by atoms with van der Waals surface area (Å²) < 4.78 is 0. The minimum Gasteiger partial charge on any atom is -0.508 e. The van der Waals surface area contributed by atoms with Crippen molar-refractivity contribution < 1.29 is 19.5 Å². The van der Waals surface area contributed by atoms with Crippen LogP contribution in [0.15, 0.2) is 127 Å². The van der Waals surface area contributed by atoms with Crippen molar-refractivity contribution in [3.8, 4) is 28.0 Å². The maximum absolute atomic E-state index is 12.2. The molecule has 5 aromatic rings. The number of piperidine rings is 3. The highest BCUT2D eigenvalue weighted by Crippen LogP contribution is 2.23. The van der Waals surface area contributed by atoms with Gasteiger partial charge in [0.05, 0.1) is 0 Å². The Morgan fingerprint density at radius 1 is 0.417 bits per heavy atom. The summed E-state index contributed by atoms with van der Waals surface area (Å²) in [6, 6.07) is 40.6. The predicted octanol–water partition coefficient (Wildman–Crippen LogP) is 10.8. The third-order valence-corrected chi connectivity index (χ3v) is 14.0. The third-order valence-electron chi connectivity index (χ3n) is 14.0. The molecule has 3 aliphatic heterocycles. The van der Waals surface area contributed by atoms with Crippen LogP contribution in [0.3, 0.4) is 0 Å². The van der Waals surface area contributed by atoms with E-state index in [4.69, 9.17) is 0 Å². The number of anilines is 1. The summed E-state index contributed by atoms with van der Waals surface area (Å²) in [7, 11) is 0. The van der Waals surface area contributed by atoms with Gasteiger partial charge in [-0.2, -0.15) is 0 Å². The molecule has 0 aromatic heterocycles. The molecule has 11 nitrogen and oxygen atoms in total. The highest BCUT2D eigenvalue weighted by Gasteiger charge is 2.14. The van der Waals surface area contributed by atoms with E-state index in [0.29, 0.717) is 5.56 Å². The molecule has 0 bridgehead atoms. The van der Waals surface area contributed by atoms with E-state index in [0.717, 1.165) is 99.4 Å². The molecule has 5 aromatic carbocycles. The van der Waals surface area contributed by atoms with Gasteiger partial charge < -0.3 is 40.7 Å². The van der Waals surface area contributed by atoms with Gasteiger partial charge in [-0.05, 0) is 213 Å². The number of carbonyl (C=O) groups is 3. The zero-order valence-corrected chi connectivity index (χ0v) is 43.5. The van der Waals surface area contributed by atoms with E-state index in [-0.39, 0.29) is 23.5 Å². The molecule has 0 atom stereocenters. The lowest BCUT2D eigenvalue weighted by atomic mass is 10.0. The molecule has 386 valence electrons. The number of nitrogens with one attached hydrogen (secondary N) is 3. The van der Waals surface area contributed by atoms with Gasteiger partial charge >= 0.3 is 0 Å². The molecule has 0 saturated carbocycles. The lowest BCUT2D eigenvalue weighted by molar-refractivity contribution is 0.0943. The maximum Gasteiger partial charge on any atom is 0.251 e. The van der Waals surface area contributed by atoms with Crippen molar-refractivity contribution in [3.05, 3.63) is 144 Å². The summed E-state index contributed by atoms with van der Waals surface area (Å²) in [5.74, 6) is 0.295. The Hall–Kier alpha value is -6.01. The van der Waals surface area contributed by atoms with Gasteiger partial charge in [0.15, 0.2) is 0 Å². The van der Waals surface area contributed by atoms with Crippen LogP contribution in [0.2, 0.25) is 0 Å². The van der Waals surface area contributed by atoms with E-state index in [1.165, 1.54) is 108 Å². The first-order valence-corrected chi connectivity index (χ1v) is 27.2. The zero-order valence-electron chi connectivity index (χ0n) is 43.5. The molecule has 0 spiro atoms. The molecule has 0 aliphatic carbocycles. The highest BCUT2D eigenvalue weighted by atomic mass is 16.3. The van der Waals surface area contributed by atoms with E-state index in [1.807, 2.05) is 103 Å². The van der Waals surface area contributed by atoms with Gasteiger partial charge in [-0.3, -0.25) is 14.4 Å². The highest BCUT2D eigenvalue weighted by molar-refractivity contribution is 5.95. The zero-order chi connectivity index (χ0) is 50.6. The molecule has 0 unspecified atom stereocenters. The number of aromatic hydroxyl groups is 1. The van der Waals surface area contributed by atoms with Crippen molar-refractivity contribution >= 4 is 23.4 Å². The van der Waals surface area contributed by atoms with Crippen LogP contribution in [0.1, 0.15) is 122 Å². The van der Waals surface area contributed by atoms with Gasteiger partial charge in [0, 0.05) is 55.1 Å². The van der Waals surface area contributed by atoms with Crippen LogP contribution in [0.4, 0.5) is 5.69 Å². The Kier molecular flexibility index (Phi) is 24.2. The Balaban J connectivity index is 0.000000177. The Labute approximate surface area is 431 Å². The van der Waals surface area contributed by atoms with E-state index in [2.05, 4.69) is 61.5 Å². The third kappa shape index (κ3) is 19.2.